The molecule has 1 N–H and O–H groups in total. The van der Waals surface area contributed by atoms with Crippen LogP contribution >= 0.6 is 0 Å². The lowest BCUT2D eigenvalue weighted by Gasteiger charge is -2.24. The zero-order valence-corrected chi connectivity index (χ0v) is 17.0. The average molecular weight is 434 g/mol. The standard InChI is InChI=1S/C22H21F3N2O4/c1-3-4-17-11-15(12-28)5-10-19(17)30-14-21(2,13-26)27-20(29)16-6-8-18(9-7-16)31-22(23,24)25/h5-12H,3-4,14H2,1-2H3,(H,27,29). The third-order valence-corrected chi connectivity index (χ3v) is 4.24. The highest BCUT2D eigenvalue weighted by Crippen LogP contribution is 2.24. The lowest BCUT2D eigenvalue weighted by atomic mass is 10.0. The Morgan fingerprint density at radius 3 is 2.42 bits per heavy atom. The molecular formula is C22H21F3N2O4. The molecule has 0 bridgehead atoms. The van der Waals surface area contributed by atoms with Crippen LogP contribution in [0.5, 0.6) is 11.5 Å². The number of carbonyl (C=O) groups is 2. The summed E-state index contributed by atoms with van der Waals surface area (Å²) >= 11 is 0. The van der Waals surface area contributed by atoms with Gasteiger partial charge in [-0.25, -0.2) is 0 Å². The fourth-order valence-corrected chi connectivity index (χ4v) is 2.73. The fourth-order valence-electron chi connectivity index (χ4n) is 2.73. The number of nitriles is 1. The summed E-state index contributed by atoms with van der Waals surface area (Å²) in [6.07, 6.45) is -2.62. The van der Waals surface area contributed by atoms with E-state index in [0.29, 0.717) is 17.7 Å². The van der Waals surface area contributed by atoms with Gasteiger partial charge in [0.25, 0.3) is 5.91 Å². The van der Waals surface area contributed by atoms with E-state index >= 15 is 0 Å². The quantitative estimate of drug-likeness (QED) is 0.590. The molecule has 0 radical (unpaired) electrons. The highest BCUT2D eigenvalue weighted by molar-refractivity contribution is 5.95. The van der Waals surface area contributed by atoms with Gasteiger partial charge in [0, 0.05) is 11.1 Å². The molecule has 0 fully saturated rings. The van der Waals surface area contributed by atoms with Crippen LogP contribution in [0.1, 0.15) is 46.5 Å². The molecule has 9 heteroatoms. The number of halogens is 3. The number of carbonyl (C=O) groups excluding carboxylic acids is 2. The Kier molecular flexibility index (Phi) is 7.64. The minimum absolute atomic E-state index is 0.0537. The second kappa shape index (κ2) is 9.98. The van der Waals surface area contributed by atoms with Crippen molar-refractivity contribution in [2.75, 3.05) is 6.61 Å². The minimum atomic E-state index is -4.83. The van der Waals surface area contributed by atoms with Crippen LogP contribution in [-0.2, 0) is 6.42 Å². The van der Waals surface area contributed by atoms with Crippen molar-refractivity contribution in [3.8, 4) is 17.6 Å². The Morgan fingerprint density at radius 2 is 1.87 bits per heavy atom. The number of ether oxygens (including phenoxy) is 2. The van der Waals surface area contributed by atoms with Crippen molar-refractivity contribution in [2.45, 2.75) is 38.6 Å². The number of nitrogens with zero attached hydrogens (tertiary/aromatic N) is 1. The Hall–Kier alpha value is -3.54. The molecule has 0 heterocycles. The first-order chi connectivity index (χ1) is 14.6. The highest BCUT2D eigenvalue weighted by Gasteiger charge is 2.31. The van der Waals surface area contributed by atoms with Gasteiger partial charge >= 0.3 is 6.36 Å². The van der Waals surface area contributed by atoms with Crippen molar-refractivity contribution in [3.63, 3.8) is 0 Å². The van der Waals surface area contributed by atoms with Gasteiger partial charge in [0.2, 0.25) is 0 Å². The maximum Gasteiger partial charge on any atom is 0.573 e. The van der Waals surface area contributed by atoms with E-state index in [1.54, 1.807) is 18.2 Å². The molecule has 1 atom stereocenters. The molecule has 0 aliphatic rings. The Morgan fingerprint density at radius 1 is 1.19 bits per heavy atom. The summed E-state index contributed by atoms with van der Waals surface area (Å²) in [5.74, 6) is -0.620. The van der Waals surface area contributed by atoms with Crippen LogP contribution in [0.3, 0.4) is 0 Å². The van der Waals surface area contributed by atoms with Gasteiger partial charge in [-0.15, -0.1) is 13.2 Å². The van der Waals surface area contributed by atoms with E-state index in [9.17, 15) is 28.0 Å². The number of alkyl halides is 3. The van der Waals surface area contributed by atoms with Gasteiger partial charge in [0.05, 0.1) is 6.07 Å². The van der Waals surface area contributed by atoms with Crippen LogP contribution < -0.4 is 14.8 Å². The minimum Gasteiger partial charge on any atom is -0.490 e. The van der Waals surface area contributed by atoms with Crippen LogP contribution in [0, 0.1) is 11.3 Å². The third-order valence-electron chi connectivity index (χ3n) is 4.24. The largest absolute Gasteiger partial charge is 0.573 e. The number of rotatable bonds is 9. The van der Waals surface area contributed by atoms with E-state index in [-0.39, 0.29) is 12.2 Å². The predicted octanol–water partition coefficient (Wildman–Crippen LogP) is 4.44. The molecule has 0 aliphatic carbocycles. The van der Waals surface area contributed by atoms with Gasteiger partial charge in [-0.3, -0.25) is 9.59 Å². The van der Waals surface area contributed by atoms with E-state index in [1.165, 1.54) is 6.92 Å². The molecule has 2 rings (SSSR count). The van der Waals surface area contributed by atoms with Crippen molar-refractivity contribution in [1.29, 1.82) is 5.26 Å². The second-order valence-corrected chi connectivity index (χ2v) is 6.99. The first-order valence-corrected chi connectivity index (χ1v) is 9.39. The zero-order chi connectivity index (χ0) is 23.1. The Labute approximate surface area is 177 Å². The van der Waals surface area contributed by atoms with Crippen LogP contribution in [0.15, 0.2) is 42.5 Å². The van der Waals surface area contributed by atoms with E-state index in [1.807, 2.05) is 13.0 Å². The van der Waals surface area contributed by atoms with Gasteiger partial charge in [-0.2, -0.15) is 5.26 Å². The maximum atomic E-state index is 12.5. The molecule has 1 unspecified atom stereocenters. The van der Waals surface area contributed by atoms with Crippen molar-refractivity contribution in [3.05, 3.63) is 59.2 Å². The number of aryl methyl sites for hydroxylation is 1. The molecule has 2 aromatic rings. The SMILES string of the molecule is CCCc1cc(C=O)ccc1OCC(C)(C#N)NC(=O)c1ccc(OC(F)(F)F)cc1. The average Bonchev–Trinajstić information content (AvgIpc) is 2.72. The second-order valence-electron chi connectivity index (χ2n) is 6.99. The molecule has 164 valence electrons. The summed E-state index contributed by atoms with van der Waals surface area (Å²) in [4.78, 5) is 23.4. The molecule has 0 saturated carbocycles. The number of hydrogen-bond acceptors (Lipinski definition) is 5. The van der Waals surface area contributed by atoms with Crippen molar-refractivity contribution in [1.82, 2.24) is 5.32 Å². The molecule has 1 amide bonds. The zero-order valence-electron chi connectivity index (χ0n) is 17.0. The Balaban J connectivity index is 2.08. The first kappa shape index (κ1) is 23.7. The number of aldehydes is 1. The van der Waals surface area contributed by atoms with Gasteiger partial charge in [-0.1, -0.05) is 13.3 Å². The van der Waals surface area contributed by atoms with Crippen LogP contribution in [0.4, 0.5) is 13.2 Å². The van der Waals surface area contributed by atoms with Gasteiger partial charge in [-0.05, 0) is 61.4 Å². The van der Waals surface area contributed by atoms with Gasteiger partial charge < -0.3 is 14.8 Å². The summed E-state index contributed by atoms with van der Waals surface area (Å²) in [5.41, 5.74) is -0.0486. The third kappa shape index (κ3) is 7.03. The number of amides is 1. The van der Waals surface area contributed by atoms with Gasteiger partial charge in [0.15, 0.2) is 5.54 Å². The molecule has 0 aromatic heterocycles. The van der Waals surface area contributed by atoms with E-state index in [2.05, 4.69) is 10.1 Å². The lowest BCUT2D eigenvalue weighted by Crippen LogP contribution is -2.49. The number of hydrogen-bond donors (Lipinski definition) is 1. The summed E-state index contributed by atoms with van der Waals surface area (Å²) in [6.45, 7) is 3.26. The van der Waals surface area contributed by atoms with E-state index in [4.69, 9.17) is 4.74 Å². The Bertz CT molecular complexity index is 968. The van der Waals surface area contributed by atoms with Gasteiger partial charge in [0.1, 0.15) is 24.4 Å². The van der Waals surface area contributed by atoms with Crippen molar-refractivity contribution < 1.29 is 32.2 Å². The summed E-state index contributed by atoms with van der Waals surface area (Å²) < 4.78 is 46.3. The molecule has 6 nitrogen and oxygen atoms in total. The normalized spacial score (nSPS) is 12.9. The maximum absolute atomic E-state index is 12.5. The molecule has 31 heavy (non-hydrogen) atoms. The topological polar surface area (TPSA) is 88.4 Å². The predicted molar refractivity (Wildman–Crippen MR) is 106 cm³/mol. The molecule has 2 aromatic carbocycles. The highest BCUT2D eigenvalue weighted by atomic mass is 19.4. The van der Waals surface area contributed by atoms with Crippen LogP contribution in [0.2, 0.25) is 0 Å². The van der Waals surface area contributed by atoms with Crippen LogP contribution in [0.25, 0.3) is 0 Å². The lowest BCUT2D eigenvalue weighted by molar-refractivity contribution is -0.274. The molecule has 0 saturated heterocycles. The van der Waals surface area contributed by atoms with E-state index in [0.717, 1.165) is 42.5 Å². The summed E-state index contributed by atoms with van der Waals surface area (Å²) in [5, 5.41) is 12.1. The van der Waals surface area contributed by atoms with Crippen molar-refractivity contribution in [2.24, 2.45) is 0 Å². The smallest absolute Gasteiger partial charge is 0.490 e. The molecule has 0 aliphatic heterocycles. The summed E-state index contributed by atoms with van der Waals surface area (Å²) in [7, 11) is 0. The molecular weight excluding hydrogens is 413 g/mol. The van der Waals surface area contributed by atoms with Crippen molar-refractivity contribution >= 4 is 12.2 Å². The van der Waals surface area contributed by atoms with E-state index < -0.39 is 23.6 Å². The fraction of sp³-hybridized carbons (Fsp3) is 0.318. The summed E-state index contributed by atoms with van der Waals surface area (Å²) in [6, 6.07) is 11.2. The monoisotopic (exact) mass is 434 g/mol. The number of nitrogens with one attached hydrogen (secondary N) is 1. The molecule has 0 spiro atoms. The first-order valence-electron chi connectivity index (χ1n) is 9.39. The van der Waals surface area contributed by atoms with Crippen LogP contribution in [-0.4, -0.2) is 30.7 Å². The number of benzene rings is 2.